The first-order valence-electron chi connectivity index (χ1n) is 5.48. The van der Waals surface area contributed by atoms with Crippen molar-refractivity contribution < 1.29 is 4.79 Å². The molecule has 4 aliphatic heterocycles. The Balaban J connectivity index is 2.07. The smallest absolute Gasteiger partial charge is 0.149 e. The summed E-state index contributed by atoms with van der Waals surface area (Å²) in [5, 5.41) is 0. The topological polar surface area (TPSA) is 23.6 Å². The molecule has 0 aromatic rings. The molecule has 4 bridgehead atoms. The van der Waals surface area contributed by atoms with Crippen molar-refractivity contribution in [2.75, 3.05) is 26.2 Å². The zero-order valence-corrected chi connectivity index (χ0v) is 9.21. The molecule has 0 atom stereocenters. The van der Waals surface area contributed by atoms with Crippen molar-refractivity contribution >= 4 is 5.78 Å². The van der Waals surface area contributed by atoms with Crippen molar-refractivity contribution in [1.29, 1.82) is 0 Å². The van der Waals surface area contributed by atoms with Crippen molar-refractivity contribution in [3.05, 3.63) is 0 Å². The highest BCUT2D eigenvalue weighted by atomic mass is 16.1. The quantitative estimate of drug-likeness (QED) is 0.563. The highest BCUT2D eigenvalue weighted by molar-refractivity contribution is 5.92. The molecule has 4 aliphatic rings. The SMILES string of the molecule is CC1N2CC3(C)CN1CC(C)(C2)C3=O. The molecular formula is C11H18N2O. The van der Waals surface area contributed by atoms with Crippen molar-refractivity contribution in [1.82, 2.24) is 9.80 Å². The molecule has 0 aromatic heterocycles. The van der Waals surface area contributed by atoms with Gasteiger partial charge in [-0.2, -0.15) is 0 Å². The molecule has 14 heavy (non-hydrogen) atoms. The van der Waals surface area contributed by atoms with E-state index in [4.69, 9.17) is 0 Å². The third-order valence-corrected chi connectivity index (χ3v) is 4.36. The van der Waals surface area contributed by atoms with Gasteiger partial charge in [0.15, 0.2) is 0 Å². The monoisotopic (exact) mass is 194 g/mol. The lowest BCUT2D eigenvalue weighted by atomic mass is 9.62. The molecule has 4 fully saturated rings. The molecule has 78 valence electrons. The Morgan fingerprint density at radius 3 is 1.79 bits per heavy atom. The van der Waals surface area contributed by atoms with Crippen molar-refractivity contribution in [3.8, 4) is 0 Å². The maximum Gasteiger partial charge on any atom is 0.149 e. The van der Waals surface area contributed by atoms with E-state index in [0.717, 1.165) is 26.2 Å². The van der Waals surface area contributed by atoms with Crippen molar-refractivity contribution in [3.63, 3.8) is 0 Å². The molecule has 0 spiro atoms. The second-order valence-electron chi connectivity index (χ2n) is 5.89. The summed E-state index contributed by atoms with van der Waals surface area (Å²) in [5.74, 6) is 0.504. The summed E-state index contributed by atoms with van der Waals surface area (Å²) >= 11 is 0. The number of hydrogen-bond donors (Lipinski definition) is 0. The zero-order chi connectivity index (χ0) is 10.1. The van der Waals surface area contributed by atoms with Crippen molar-refractivity contribution in [2.45, 2.75) is 26.9 Å². The van der Waals surface area contributed by atoms with Crippen molar-refractivity contribution in [2.24, 2.45) is 10.8 Å². The predicted octanol–water partition coefficient (Wildman–Crippen LogP) is 0.559. The maximum absolute atomic E-state index is 12.3. The molecule has 3 heteroatoms. The molecule has 0 radical (unpaired) electrons. The second-order valence-corrected chi connectivity index (χ2v) is 5.89. The fourth-order valence-corrected chi connectivity index (χ4v) is 3.78. The standard InChI is InChI=1S/C11H18N2O/c1-8-12-4-10(2)5-13(8)7-11(3,6-12)9(10)14/h8H,4-7H2,1-3H3. The van der Waals surface area contributed by atoms with E-state index in [1.807, 2.05) is 0 Å². The van der Waals surface area contributed by atoms with Gasteiger partial charge >= 0.3 is 0 Å². The molecule has 0 amide bonds. The van der Waals surface area contributed by atoms with E-state index >= 15 is 0 Å². The van der Waals surface area contributed by atoms with Crippen LogP contribution in [0.3, 0.4) is 0 Å². The Kier molecular flexibility index (Phi) is 1.41. The van der Waals surface area contributed by atoms with Crippen LogP contribution in [0.2, 0.25) is 0 Å². The van der Waals surface area contributed by atoms with Crippen LogP contribution in [0.25, 0.3) is 0 Å². The molecule has 0 unspecified atom stereocenters. The molecule has 0 aromatic carbocycles. The van der Waals surface area contributed by atoms with Crippen LogP contribution in [0, 0.1) is 10.8 Å². The zero-order valence-electron chi connectivity index (χ0n) is 9.21. The van der Waals surface area contributed by atoms with Gasteiger partial charge in [0.25, 0.3) is 0 Å². The number of Topliss-reactive ketones (excluding diaryl/α,β-unsaturated/α-hetero) is 1. The first-order chi connectivity index (χ1) is 6.45. The molecular weight excluding hydrogens is 176 g/mol. The van der Waals surface area contributed by atoms with Gasteiger partial charge in [0.2, 0.25) is 0 Å². The normalized spacial score (nSPS) is 60.8. The minimum atomic E-state index is -0.0856. The fourth-order valence-electron chi connectivity index (χ4n) is 3.78. The number of rotatable bonds is 0. The summed E-state index contributed by atoms with van der Waals surface area (Å²) in [6, 6.07) is 0. The number of hydrogen-bond acceptors (Lipinski definition) is 3. The van der Waals surface area contributed by atoms with Crippen LogP contribution in [-0.4, -0.2) is 47.9 Å². The Morgan fingerprint density at radius 1 is 1.07 bits per heavy atom. The molecule has 0 saturated carbocycles. The first kappa shape index (κ1) is 8.86. The summed E-state index contributed by atoms with van der Waals surface area (Å²) in [4.78, 5) is 17.2. The van der Waals surface area contributed by atoms with Crippen LogP contribution < -0.4 is 0 Å². The van der Waals surface area contributed by atoms with E-state index in [-0.39, 0.29) is 10.8 Å². The van der Waals surface area contributed by atoms with Crippen LogP contribution in [0.4, 0.5) is 0 Å². The van der Waals surface area contributed by atoms with Gasteiger partial charge in [-0.15, -0.1) is 0 Å². The van der Waals surface area contributed by atoms with E-state index < -0.39 is 0 Å². The number of carbonyl (C=O) groups excluding carboxylic acids is 1. The Hall–Kier alpha value is -0.410. The Morgan fingerprint density at radius 2 is 1.43 bits per heavy atom. The summed E-state index contributed by atoms with van der Waals surface area (Å²) < 4.78 is 0. The molecule has 4 heterocycles. The summed E-state index contributed by atoms with van der Waals surface area (Å²) in [7, 11) is 0. The number of ketones is 1. The van der Waals surface area contributed by atoms with Crippen LogP contribution in [-0.2, 0) is 4.79 Å². The van der Waals surface area contributed by atoms with Crippen LogP contribution in [0.1, 0.15) is 20.8 Å². The van der Waals surface area contributed by atoms with E-state index in [2.05, 4.69) is 30.6 Å². The highest BCUT2D eigenvalue weighted by Crippen LogP contribution is 2.47. The van der Waals surface area contributed by atoms with Crippen LogP contribution in [0.5, 0.6) is 0 Å². The minimum absolute atomic E-state index is 0.0856. The summed E-state index contributed by atoms with van der Waals surface area (Å²) in [6.07, 6.45) is 0.546. The average Bonchev–Trinajstić information content (AvgIpc) is 2.07. The first-order valence-corrected chi connectivity index (χ1v) is 5.48. The average molecular weight is 194 g/mol. The van der Waals surface area contributed by atoms with Gasteiger partial charge < -0.3 is 0 Å². The minimum Gasteiger partial charge on any atom is -0.298 e. The Bertz CT molecular complexity index is 272. The van der Waals surface area contributed by atoms with E-state index in [9.17, 15) is 4.79 Å². The van der Waals surface area contributed by atoms with Gasteiger partial charge in [-0.25, -0.2) is 0 Å². The Labute approximate surface area is 85.1 Å². The number of carbonyl (C=O) groups is 1. The van der Waals surface area contributed by atoms with Crippen LogP contribution in [0.15, 0.2) is 0 Å². The third-order valence-electron chi connectivity index (χ3n) is 4.36. The van der Waals surface area contributed by atoms with Gasteiger partial charge in [-0.3, -0.25) is 14.6 Å². The number of nitrogens with zero attached hydrogens (tertiary/aromatic N) is 2. The maximum atomic E-state index is 12.3. The van der Waals surface area contributed by atoms with Gasteiger partial charge in [-0.1, -0.05) is 13.8 Å². The fraction of sp³-hybridized carbons (Fsp3) is 0.909. The largest absolute Gasteiger partial charge is 0.298 e. The lowest BCUT2D eigenvalue weighted by molar-refractivity contribution is -0.192. The van der Waals surface area contributed by atoms with Gasteiger partial charge in [0, 0.05) is 26.2 Å². The predicted molar refractivity (Wildman–Crippen MR) is 53.8 cm³/mol. The number of piperidine rings is 2. The van der Waals surface area contributed by atoms with E-state index in [1.54, 1.807) is 0 Å². The second kappa shape index (κ2) is 2.22. The molecule has 0 aliphatic carbocycles. The third kappa shape index (κ3) is 0.829. The van der Waals surface area contributed by atoms with Gasteiger partial charge in [0.1, 0.15) is 5.78 Å². The summed E-state index contributed by atoms with van der Waals surface area (Å²) in [6.45, 7) is 10.4. The van der Waals surface area contributed by atoms with E-state index in [0.29, 0.717) is 11.9 Å². The lowest BCUT2D eigenvalue weighted by Crippen LogP contribution is -2.77. The molecule has 4 rings (SSSR count). The molecule has 0 N–H and O–H groups in total. The van der Waals surface area contributed by atoms with Gasteiger partial charge in [0.05, 0.1) is 17.0 Å². The highest BCUT2D eigenvalue weighted by Gasteiger charge is 2.60. The molecule has 3 nitrogen and oxygen atoms in total. The van der Waals surface area contributed by atoms with Gasteiger partial charge in [-0.05, 0) is 6.92 Å². The molecule has 4 saturated heterocycles. The van der Waals surface area contributed by atoms with Crippen LogP contribution >= 0.6 is 0 Å². The lowest BCUT2D eigenvalue weighted by Gasteiger charge is -2.64. The summed E-state index contributed by atoms with van der Waals surface area (Å²) in [5.41, 5.74) is -0.171. The van der Waals surface area contributed by atoms with E-state index in [1.165, 1.54) is 0 Å².